The van der Waals surface area contributed by atoms with Crippen molar-refractivity contribution in [2.45, 2.75) is 38.6 Å². The van der Waals surface area contributed by atoms with Crippen molar-refractivity contribution in [2.75, 3.05) is 26.0 Å². The predicted molar refractivity (Wildman–Crippen MR) is 139 cm³/mol. The van der Waals surface area contributed by atoms with Crippen molar-refractivity contribution in [1.82, 2.24) is 9.47 Å². The molecule has 2 aromatic carbocycles. The highest BCUT2D eigenvalue weighted by atomic mass is 32.2. The summed E-state index contributed by atoms with van der Waals surface area (Å²) in [5.74, 6) is -0.261. The number of piperidine rings is 1. The molecule has 3 aliphatic rings. The number of aliphatic imine (C=N–C) groups is 1. The Kier molecular flexibility index (Phi) is 5.53. The number of thioether (sulfide) groups is 1. The summed E-state index contributed by atoms with van der Waals surface area (Å²) in [6.07, 6.45) is 9.18. The number of ether oxygens (including phenoxy) is 1. The van der Waals surface area contributed by atoms with E-state index in [1.807, 2.05) is 6.26 Å². The third-order valence-corrected chi connectivity index (χ3v) is 8.45. The van der Waals surface area contributed by atoms with Crippen molar-refractivity contribution in [3.63, 3.8) is 0 Å². The smallest absolute Gasteiger partial charge is 0.251 e. The number of hydrogen-bond acceptors (Lipinski definition) is 4. The number of hydrogen-bond donors (Lipinski definition) is 0. The highest BCUT2D eigenvalue weighted by molar-refractivity contribution is 8.12. The highest BCUT2D eigenvalue weighted by Crippen LogP contribution is 2.56. The van der Waals surface area contributed by atoms with Gasteiger partial charge in [0.1, 0.15) is 12.4 Å². The summed E-state index contributed by atoms with van der Waals surface area (Å²) >= 11 is 1.48. The Labute approximate surface area is 204 Å². The van der Waals surface area contributed by atoms with E-state index in [4.69, 9.17) is 4.74 Å². The second kappa shape index (κ2) is 8.58. The highest BCUT2D eigenvalue weighted by Gasteiger charge is 2.50. The van der Waals surface area contributed by atoms with Gasteiger partial charge in [-0.1, -0.05) is 43.0 Å². The van der Waals surface area contributed by atoms with Gasteiger partial charge in [-0.25, -0.2) is 9.38 Å². The van der Waals surface area contributed by atoms with Crippen LogP contribution in [0.15, 0.2) is 59.6 Å². The van der Waals surface area contributed by atoms with Crippen molar-refractivity contribution in [3.8, 4) is 0 Å². The van der Waals surface area contributed by atoms with E-state index in [2.05, 4.69) is 51.7 Å². The van der Waals surface area contributed by atoms with Crippen molar-refractivity contribution in [1.29, 1.82) is 0 Å². The van der Waals surface area contributed by atoms with E-state index in [0.29, 0.717) is 23.6 Å². The van der Waals surface area contributed by atoms with E-state index >= 15 is 0 Å². The van der Waals surface area contributed by atoms with Gasteiger partial charge >= 0.3 is 0 Å². The molecule has 176 valence electrons. The Morgan fingerprint density at radius 1 is 1.18 bits per heavy atom. The lowest BCUT2D eigenvalue weighted by molar-refractivity contribution is 0.0264. The molecule has 0 unspecified atom stereocenters. The summed E-state index contributed by atoms with van der Waals surface area (Å²) in [5.41, 5.74) is 6.33. The van der Waals surface area contributed by atoms with Crippen molar-refractivity contribution in [2.24, 2.45) is 10.4 Å². The molecule has 0 saturated carbocycles. The van der Waals surface area contributed by atoms with Gasteiger partial charge in [-0.3, -0.25) is 4.90 Å². The molecule has 2 atom stereocenters. The number of nitrogens with zero attached hydrogens (tertiary/aromatic N) is 3. The SMILES string of the molecule is CC[C@@]12C=C(COC(=Nc3ccc(F)cc3)SC)n3c4c(c5ccccc53)CCN(CCC1)[C@H]42. The topological polar surface area (TPSA) is 29.8 Å². The van der Waals surface area contributed by atoms with Crippen LogP contribution >= 0.6 is 11.8 Å². The number of rotatable bonds is 4. The summed E-state index contributed by atoms with van der Waals surface area (Å²) in [6, 6.07) is 15.5. The molecule has 0 radical (unpaired) electrons. The van der Waals surface area contributed by atoms with Crippen LogP contribution in [0.3, 0.4) is 0 Å². The van der Waals surface area contributed by atoms with Crippen LogP contribution in [0, 0.1) is 11.2 Å². The van der Waals surface area contributed by atoms with E-state index in [1.54, 1.807) is 12.1 Å². The molecular weight excluding hydrogens is 445 g/mol. The largest absolute Gasteiger partial charge is 0.466 e. The lowest BCUT2D eigenvalue weighted by atomic mass is 9.66. The molecule has 0 bridgehead atoms. The van der Waals surface area contributed by atoms with E-state index < -0.39 is 0 Å². The van der Waals surface area contributed by atoms with Crippen LogP contribution in [0.2, 0.25) is 0 Å². The second-order valence-corrected chi connectivity index (χ2v) is 10.3. The first kappa shape index (κ1) is 21.9. The molecule has 6 heteroatoms. The van der Waals surface area contributed by atoms with Gasteiger partial charge in [0.05, 0.1) is 22.9 Å². The first-order chi connectivity index (χ1) is 16.6. The third kappa shape index (κ3) is 3.42. The molecule has 0 spiro atoms. The number of aromatic nitrogens is 1. The molecule has 4 heterocycles. The zero-order valence-corrected chi connectivity index (χ0v) is 20.6. The van der Waals surface area contributed by atoms with Gasteiger partial charge in [-0.05, 0) is 74.4 Å². The predicted octanol–water partition coefficient (Wildman–Crippen LogP) is 6.79. The Balaban J connectivity index is 1.43. The molecule has 0 amide bonds. The minimum absolute atomic E-state index is 0.143. The molecule has 4 nitrogen and oxygen atoms in total. The van der Waals surface area contributed by atoms with Gasteiger partial charge < -0.3 is 9.30 Å². The van der Waals surface area contributed by atoms with Crippen LogP contribution in [0.4, 0.5) is 10.1 Å². The molecule has 6 rings (SSSR count). The van der Waals surface area contributed by atoms with Crippen molar-refractivity contribution >= 4 is 39.3 Å². The van der Waals surface area contributed by atoms with Gasteiger partial charge in [0, 0.05) is 23.0 Å². The molecule has 1 fully saturated rings. The zero-order valence-electron chi connectivity index (χ0n) is 19.8. The molecule has 0 aliphatic carbocycles. The van der Waals surface area contributed by atoms with Crippen molar-refractivity contribution < 1.29 is 9.13 Å². The monoisotopic (exact) mass is 475 g/mol. The fourth-order valence-corrected chi connectivity index (χ4v) is 6.76. The summed E-state index contributed by atoms with van der Waals surface area (Å²) in [4.78, 5) is 7.34. The Morgan fingerprint density at radius 2 is 2.00 bits per heavy atom. The standard InChI is InChI=1S/C28H30FN3OS/c1-3-28-14-6-15-31-16-13-23-22-7-4-5-8-24(22)32(25(23)26(28)31)21(17-28)18-33-27(34-2)30-20-11-9-19(29)10-12-20/h4-5,7-12,17,26H,3,6,13-16,18H2,1-2H3/t26-,28+/m1/s1. The van der Waals surface area contributed by atoms with Crippen LogP contribution in [0.5, 0.6) is 0 Å². The molecule has 1 aromatic heterocycles. The Bertz CT molecular complexity index is 1290. The van der Waals surface area contributed by atoms with Gasteiger partial charge in [-0.15, -0.1) is 0 Å². The van der Waals surface area contributed by atoms with Gasteiger partial charge in [0.2, 0.25) is 0 Å². The minimum atomic E-state index is -0.261. The first-order valence-corrected chi connectivity index (χ1v) is 13.5. The Morgan fingerprint density at radius 3 is 2.79 bits per heavy atom. The van der Waals surface area contributed by atoms with Gasteiger partial charge in [0.25, 0.3) is 5.23 Å². The fourth-order valence-electron chi connectivity index (χ4n) is 6.39. The van der Waals surface area contributed by atoms with Crippen LogP contribution in [-0.2, 0) is 11.2 Å². The second-order valence-electron chi connectivity index (χ2n) is 9.58. The van der Waals surface area contributed by atoms with E-state index in [1.165, 1.54) is 71.1 Å². The lowest BCUT2D eigenvalue weighted by Crippen LogP contribution is -2.50. The number of para-hydroxylation sites is 1. The van der Waals surface area contributed by atoms with Crippen molar-refractivity contribution in [3.05, 3.63) is 71.7 Å². The average Bonchev–Trinajstić information content (AvgIpc) is 3.22. The quantitative estimate of drug-likeness (QED) is 0.307. The van der Waals surface area contributed by atoms with E-state index in [9.17, 15) is 4.39 Å². The number of halogens is 1. The lowest BCUT2D eigenvalue weighted by Gasteiger charge is -2.53. The average molecular weight is 476 g/mol. The molecule has 34 heavy (non-hydrogen) atoms. The summed E-state index contributed by atoms with van der Waals surface area (Å²) < 4.78 is 22.1. The summed E-state index contributed by atoms with van der Waals surface area (Å²) in [7, 11) is 0. The number of benzene rings is 2. The maximum Gasteiger partial charge on any atom is 0.251 e. The normalized spacial score (nSPS) is 24.1. The Hall–Kier alpha value is -2.57. The van der Waals surface area contributed by atoms with Gasteiger partial charge in [-0.2, -0.15) is 0 Å². The zero-order chi connectivity index (χ0) is 23.3. The summed E-state index contributed by atoms with van der Waals surface area (Å²) in [6.45, 7) is 5.14. The molecule has 3 aliphatic heterocycles. The maximum atomic E-state index is 13.3. The van der Waals surface area contributed by atoms with Crippen LogP contribution in [-0.4, -0.2) is 40.6 Å². The minimum Gasteiger partial charge on any atom is -0.466 e. The van der Waals surface area contributed by atoms with Crippen LogP contribution < -0.4 is 0 Å². The molecule has 1 saturated heterocycles. The molecular formula is C28H30FN3OS. The molecule has 3 aromatic rings. The molecule has 0 N–H and O–H groups in total. The summed E-state index contributed by atoms with van der Waals surface area (Å²) in [5, 5.41) is 1.97. The number of fused-ring (bicyclic) bond motifs is 3. The first-order valence-electron chi connectivity index (χ1n) is 12.2. The fraction of sp³-hybridized carbons (Fsp3) is 0.393. The van der Waals surface area contributed by atoms with E-state index in [-0.39, 0.29) is 11.2 Å². The van der Waals surface area contributed by atoms with E-state index in [0.717, 1.165) is 19.4 Å². The third-order valence-electron chi connectivity index (χ3n) is 7.89. The van der Waals surface area contributed by atoms with Gasteiger partial charge in [0.15, 0.2) is 0 Å². The van der Waals surface area contributed by atoms with Crippen LogP contribution in [0.1, 0.15) is 43.5 Å². The van der Waals surface area contributed by atoms with Crippen LogP contribution in [0.25, 0.3) is 16.6 Å². The maximum absolute atomic E-state index is 13.3.